The molecule has 0 saturated heterocycles. The van der Waals surface area contributed by atoms with Crippen molar-refractivity contribution in [3.8, 4) is 0 Å². The SMILES string of the molecule is CCS(=O)(=O)N(C)C1=C(O)C(=O)C(C)(c2ccccc2)O1. The summed E-state index contributed by atoms with van der Waals surface area (Å²) in [7, 11) is -2.39. The number of Topliss-reactive ketones (excluding diaryl/α,β-unsaturated/α-hetero) is 1. The minimum Gasteiger partial charge on any atom is -0.501 e. The number of ketones is 1. The Kier molecular flexibility index (Phi) is 3.71. The molecule has 1 aliphatic heterocycles. The first-order valence-electron chi connectivity index (χ1n) is 6.43. The van der Waals surface area contributed by atoms with Gasteiger partial charge in [0, 0.05) is 12.6 Å². The van der Waals surface area contributed by atoms with Crippen molar-refractivity contribution in [2.75, 3.05) is 12.8 Å². The zero-order chi connectivity index (χ0) is 15.8. The Labute approximate surface area is 123 Å². The number of aliphatic hydroxyl groups excluding tert-OH is 1. The van der Waals surface area contributed by atoms with Gasteiger partial charge in [0.2, 0.25) is 15.8 Å². The summed E-state index contributed by atoms with van der Waals surface area (Å²) in [5.41, 5.74) is -0.892. The average molecular weight is 311 g/mol. The first kappa shape index (κ1) is 15.4. The molecule has 2 rings (SSSR count). The number of carbonyl (C=O) groups excluding carboxylic acids is 1. The molecule has 0 radical (unpaired) electrons. The maximum atomic E-state index is 12.3. The van der Waals surface area contributed by atoms with Gasteiger partial charge >= 0.3 is 0 Å². The van der Waals surface area contributed by atoms with E-state index in [1.165, 1.54) is 20.9 Å². The van der Waals surface area contributed by atoms with Crippen LogP contribution in [0.25, 0.3) is 0 Å². The van der Waals surface area contributed by atoms with Gasteiger partial charge in [0.05, 0.1) is 5.75 Å². The molecule has 0 aromatic heterocycles. The van der Waals surface area contributed by atoms with Crippen molar-refractivity contribution in [1.29, 1.82) is 0 Å². The van der Waals surface area contributed by atoms with E-state index in [1.807, 2.05) is 0 Å². The summed E-state index contributed by atoms with van der Waals surface area (Å²) < 4.78 is 30.1. The van der Waals surface area contributed by atoms with Gasteiger partial charge in [0.25, 0.3) is 11.7 Å². The third-order valence-electron chi connectivity index (χ3n) is 3.54. The summed E-state index contributed by atoms with van der Waals surface area (Å²) in [6, 6.07) is 8.62. The summed E-state index contributed by atoms with van der Waals surface area (Å²) in [5.74, 6) is -1.85. The molecule has 0 saturated carbocycles. The lowest BCUT2D eigenvalue weighted by atomic mass is 9.92. The summed E-state index contributed by atoms with van der Waals surface area (Å²) in [5, 5.41) is 9.98. The highest BCUT2D eigenvalue weighted by Crippen LogP contribution is 2.39. The number of nitrogens with zero attached hydrogens (tertiary/aromatic N) is 1. The van der Waals surface area contributed by atoms with Gasteiger partial charge < -0.3 is 9.84 Å². The van der Waals surface area contributed by atoms with Gasteiger partial charge in [-0.15, -0.1) is 0 Å². The molecule has 7 heteroatoms. The summed E-state index contributed by atoms with van der Waals surface area (Å²) in [6.45, 7) is 2.97. The van der Waals surface area contributed by atoms with E-state index in [0.717, 1.165) is 4.31 Å². The lowest BCUT2D eigenvalue weighted by Gasteiger charge is -2.26. The van der Waals surface area contributed by atoms with E-state index >= 15 is 0 Å². The first-order valence-corrected chi connectivity index (χ1v) is 8.04. The second-order valence-corrected chi connectivity index (χ2v) is 7.14. The van der Waals surface area contributed by atoms with E-state index in [0.29, 0.717) is 5.56 Å². The van der Waals surface area contributed by atoms with Crippen LogP contribution in [0.1, 0.15) is 19.4 Å². The smallest absolute Gasteiger partial charge is 0.251 e. The first-order chi connectivity index (χ1) is 9.74. The molecule has 21 heavy (non-hydrogen) atoms. The second kappa shape index (κ2) is 5.07. The van der Waals surface area contributed by atoms with Crippen molar-refractivity contribution in [1.82, 2.24) is 4.31 Å². The number of sulfonamides is 1. The van der Waals surface area contributed by atoms with Gasteiger partial charge in [-0.05, 0) is 13.8 Å². The summed E-state index contributed by atoms with van der Waals surface area (Å²) in [6.07, 6.45) is 0. The Morgan fingerprint density at radius 2 is 1.86 bits per heavy atom. The van der Waals surface area contributed by atoms with E-state index in [2.05, 4.69) is 0 Å². The Morgan fingerprint density at radius 3 is 2.38 bits per heavy atom. The zero-order valence-corrected chi connectivity index (χ0v) is 12.8. The van der Waals surface area contributed by atoms with Crippen LogP contribution in [0.4, 0.5) is 0 Å². The van der Waals surface area contributed by atoms with E-state index in [1.54, 1.807) is 30.3 Å². The van der Waals surface area contributed by atoms with Gasteiger partial charge in [0.15, 0.2) is 5.60 Å². The maximum Gasteiger partial charge on any atom is 0.251 e. The molecule has 1 N–H and O–H groups in total. The molecule has 0 bridgehead atoms. The predicted molar refractivity (Wildman–Crippen MR) is 76.8 cm³/mol. The second-order valence-electron chi connectivity index (χ2n) is 4.85. The fourth-order valence-corrected chi connectivity index (χ4v) is 2.85. The van der Waals surface area contributed by atoms with Crippen LogP contribution in [0.3, 0.4) is 0 Å². The van der Waals surface area contributed by atoms with Crippen LogP contribution in [0, 0.1) is 0 Å². The third kappa shape index (κ3) is 2.37. The number of hydrogen-bond acceptors (Lipinski definition) is 5. The Hall–Kier alpha value is -2.02. The van der Waals surface area contributed by atoms with Gasteiger partial charge in [-0.1, -0.05) is 30.3 Å². The number of carbonyl (C=O) groups is 1. The Bertz CT molecular complexity index is 695. The van der Waals surface area contributed by atoms with Crippen LogP contribution < -0.4 is 0 Å². The molecule has 0 amide bonds. The van der Waals surface area contributed by atoms with E-state index < -0.39 is 27.2 Å². The van der Waals surface area contributed by atoms with Gasteiger partial charge in [-0.25, -0.2) is 12.7 Å². The molecular formula is C14H17NO5S. The van der Waals surface area contributed by atoms with Crippen molar-refractivity contribution in [3.63, 3.8) is 0 Å². The Balaban J connectivity index is 2.44. The van der Waals surface area contributed by atoms with Crippen LogP contribution in [0.15, 0.2) is 42.0 Å². The summed E-state index contributed by atoms with van der Waals surface area (Å²) >= 11 is 0. The minimum absolute atomic E-state index is 0.167. The fourth-order valence-electron chi connectivity index (χ4n) is 2.09. The van der Waals surface area contributed by atoms with Gasteiger partial charge in [-0.3, -0.25) is 4.79 Å². The van der Waals surface area contributed by atoms with Crippen LogP contribution in [0.2, 0.25) is 0 Å². The lowest BCUT2D eigenvalue weighted by molar-refractivity contribution is -0.132. The van der Waals surface area contributed by atoms with Crippen molar-refractivity contribution in [3.05, 3.63) is 47.5 Å². The largest absolute Gasteiger partial charge is 0.501 e. The van der Waals surface area contributed by atoms with Crippen LogP contribution in [0.5, 0.6) is 0 Å². The Morgan fingerprint density at radius 1 is 1.29 bits per heavy atom. The zero-order valence-electron chi connectivity index (χ0n) is 12.0. The molecule has 1 atom stereocenters. The van der Waals surface area contributed by atoms with E-state index in [-0.39, 0.29) is 11.6 Å². The maximum absolute atomic E-state index is 12.3. The highest BCUT2D eigenvalue weighted by molar-refractivity contribution is 7.89. The molecule has 1 aromatic carbocycles. The molecule has 1 heterocycles. The minimum atomic E-state index is -3.63. The predicted octanol–water partition coefficient (Wildman–Crippen LogP) is 1.51. The third-order valence-corrected chi connectivity index (χ3v) is 5.27. The highest BCUT2D eigenvalue weighted by Gasteiger charge is 2.49. The monoisotopic (exact) mass is 311 g/mol. The van der Waals surface area contributed by atoms with Crippen molar-refractivity contribution in [2.24, 2.45) is 0 Å². The van der Waals surface area contributed by atoms with Gasteiger partial charge in [-0.2, -0.15) is 0 Å². The molecule has 1 aliphatic rings. The molecular weight excluding hydrogens is 294 g/mol. The standard InChI is InChI=1S/C14H17NO5S/c1-4-21(18,19)15(3)13-11(16)12(17)14(2,20-13)10-8-6-5-7-9-10/h5-9,16H,4H2,1-3H3. The number of aliphatic hydroxyl groups is 1. The average Bonchev–Trinajstić information content (AvgIpc) is 2.73. The number of benzene rings is 1. The number of ether oxygens (including phenoxy) is 1. The van der Waals surface area contributed by atoms with Crippen LogP contribution >= 0.6 is 0 Å². The normalized spacial score (nSPS) is 22.3. The molecule has 1 unspecified atom stereocenters. The molecule has 6 nitrogen and oxygen atoms in total. The van der Waals surface area contributed by atoms with E-state index in [9.17, 15) is 18.3 Å². The van der Waals surface area contributed by atoms with Crippen molar-refractivity contribution in [2.45, 2.75) is 19.4 Å². The quantitative estimate of drug-likeness (QED) is 0.911. The number of rotatable bonds is 4. The fraction of sp³-hybridized carbons (Fsp3) is 0.357. The highest BCUT2D eigenvalue weighted by atomic mass is 32.2. The molecule has 114 valence electrons. The molecule has 0 fully saturated rings. The topological polar surface area (TPSA) is 83.9 Å². The molecule has 1 aromatic rings. The lowest BCUT2D eigenvalue weighted by Crippen LogP contribution is -2.33. The van der Waals surface area contributed by atoms with Crippen molar-refractivity contribution >= 4 is 15.8 Å². The summed E-state index contributed by atoms with van der Waals surface area (Å²) in [4.78, 5) is 12.3. The van der Waals surface area contributed by atoms with Gasteiger partial charge in [0.1, 0.15) is 0 Å². The van der Waals surface area contributed by atoms with Crippen molar-refractivity contribution < 1.29 is 23.1 Å². The molecule has 0 aliphatic carbocycles. The van der Waals surface area contributed by atoms with E-state index in [4.69, 9.17) is 4.74 Å². The molecule has 0 spiro atoms. The number of hydrogen-bond donors (Lipinski definition) is 1. The van der Waals surface area contributed by atoms with Crippen LogP contribution in [-0.4, -0.2) is 36.4 Å². The van der Waals surface area contributed by atoms with Crippen LogP contribution in [-0.2, 0) is 25.2 Å².